The summed E-state index contributed by atoms with van der Waals surface area (Å²) < 4.78 is 6.57. The molecule has 1 aromatic carbocycles. The molecule has 1 fully saturated rings. The Morgan fingerprint density at radius 1 is 1.17 bits per heavy atom. The Morgan fingerprint density at radius 2 is 1.93 bits per heavy atom. The number of carbonyl (C=O) groups excluding carboxylic acids is 2. The Balaban J connectivity index is 1.61. The lowest BCUT2D eigenvalue weighted by molar-refractivity contribution is -0.119. The predicted octanol–water partition coefficient (Wildman–Crippen LogP) is 2.43. The van der Waals surface area contributed by atoms with E-state index in [0.717, 1.165) is 31.4 Å². The summed E-state index contributed by atoms with van der Waals surface area (Å²) in [5.74, 6) is 0.387. The van der Waals surface area contributed by atoms with Crippen molar-refractivity contribution in [3.05, 3.63) is 30.3 Å². The van der Waals surface area contributed by atoms with Gasteiger partial charge in [0, 0.05) is 18.7 Å². The summed E-state index contributed by atoms with van der Waals surface area (Å²) >= 11 is 1.28. The van der Waals surface area contributed by atoms with Crippen LogP contribution in [-0.2, 0) is 9.59 Å². The number of carbonyl (C=O) groups is 2. The number of nitrogens with zero attached hydrogens (tertiary/aromatic N) is 5. The maximum Gasteiger partial charge on any atom is 0.230 e. The second kappa shape index (κ2) is 9.08. The highest BCUT2D eigenvalue weighted by molar-refractivity contribution is 7.99. The van der Waals surface area contributed by atoms with Crippen molar-refractivity contribution >= 4 is 29.4 Å². The summed E-state index contributed by atoms with van der Waals surface area (Å²) in [7, 11) is 0. The van der Waals surface area contributed by atoms with Crippen LogP contribution in [0.5, 0.6) is 0 Å². The van der Waals surface area contributed by atoms with Gasteiger partial charge in [-0.3, -0.25) is 14.2 Å². The first-order valence-corrected chi connectivity index (χ1v) is 10.6. The number of hydrogen-bond acceptors (Lipinski definition) is 8. The number of nitrogens with one attached hydrogen (secondary N) is 2. The predicted molar refractivity (Wildman–Crippen MR) is 110 cm³/mol. The van der Waals surface area contributed by atoms with Gasteiger partial charge in [0.1, 0.15) is 0 Å². The fourth-order valence-electron chi connectivity index (χ4n) is 3.38. The van der Waals surface area contributed by atoms with E-state index in [9.17, 15) is 9.59 Å². The molecule has 0 atom stereocenters. The maximum absolute atomic E-state index is 12.4. The molecule has 0 aliphatic heterocycles. The van der Waals surface area contributed by atoms with Gasteiger partial charge in [0.2, 0.25) is 17.6 Å². The molecule has 3 aromatic rings. The molecule has 2 aromatic heterocycles. The topological polar surface area (TPSA) is 128 Å². The number of para-hydroxylation sites is 1. The van der Waals surface area contributed by atoms with Crippen LogP contribution in [0, 0.1) is 0 Å². The second-order valence-corrected chi connectivity index (χ2v) is 7.90. The quantitative estimate of drug-likeness (QED) is 0.550. The van der Waals surface area contributed by atoms with Crippen molar-refractivity contribution in [2.45, 2.75) is 43.8 Å². The highest BCUT2D eigenvalue weighted by Gasteiger charge is 2.24. The number of thioether (sulfide) groups is 1. The average Bonchev–Trinajstić information content (AvgIpc) is 3.47. The molecule has 1 saturated carbocycles. The molecular formula is C19H21N7O3S. The molecule has 30 heavy (non-hydrogen) atoms. The van der Waals surface area contributed by atoms with E-state index in [1.165, 1.54) is 18.7 Å². The van der Waals surface area contributed by atoms with E-state index >= 15 is 0 Å². The third-order valence-corrected chi connectivity index (χ3v) is 5.62. The molecule has 10 nitrogen and oxygen atoms in total. The molecule has 0 spiro atoms. The van der Waals surface area contributed by atoms with Crippen LogP contribution in [0.15, 0.2) is 40.1 Å². The van der Waals surface area contributed by atoms with Crippen LogP contribution in [0.3, 0.4) is 0 Å². The van der Waals surface area contributed by atoms with E-state index in [1.807, 2.05) is 30.3 Å². The summed E-state index contributed by atoms with van der Waals surface area (Å²) in [6.07, 6.45) is 4.38. The number of benzene rings is 1. The van der Waals surface area contributed by atoms with E-state index < -0.39 is 0 Å². The van der Waals surface area contributed by atoms with Crippen molar-refractivity contribution in [2.24, 2.45) is 0 Å². The van der Waals surface area contributed by atoms with Crippen LogP contribution in [0.1, 0.15) is 32.6 Å². The zero-order chi connectivity index (χ0) is 20.9. The molecule has 2 heterocycles. The number of aromatic nitrogens is 5. The SMILES string of the molecule is CC(=O)Nc1nonc1-c1nnc(SCC(=O)NC2CCCC2)n1-c1ccccc1. The third kappa shape index (κ3) is 4.51. The van der Waals surface area contributed by atoms with E-state index in [2.05, 4.69) is 31.1 Å². The lowest BCUT2D eigenvalue weighted by atomic mass is 10.2. The number of hydrogen-bond donors (Lipinski definition) is 2. The lowest BCUT2D eigenvalue weighted by Crippen LogP contribution is -2.33. The van der Waals surface area contributed by atoms with Gasteiger partial charge >= 0.3 is 0 Å². The Morgan fingerprint density at radius 3 is 2.67 bits per heavy atom. The molecule has 1 aliphatic carbocycles. The normalized spacial score (nSPS) is 14.0. The standard InChI is InChI=1S/C19H21N7O3S/c1-12(27)20-17-16(24-29-25-17)18-22-23-19(26(18)14-9-3-2-4-10-14)30-11-15(28)21-13-7-5-6-8-13/h2-4,9-10,13H,5-8,11H2,1H3,(H,21,28)(H,20,25,27). The average molecular weight is 427 g/mol. The highest BCUT2D eigenvalue weighted by atomic mass is 32.2. The minimum absolute atomic E-state index is 0.0295. The number of amides is 2. The van der Waals surface area contributed by atoms with Crippen molar-refractivity contribution in [1.29, 1.82) is 0 Å². The van der Waals surface area contributed by atoms with Gasteiger partial charge in [-0.15, -0.1) is 10.2 Å². The summed E-state index contributed by atoms with van der Waals surface area (Å²) in [5, 5.41) is 22.3. The molecule has 156 valence electrons. The molecule has 0 radical (unpaired) electrons. The van der Waals surface area contributed by atoms with Gasteiger partial charge in [-0.1, -0.05) is 42.8 Å². The molecule has 2 N–H and O–H groups in total. The van der Waals surface area contributed by atoms with Gasteiger partial charge in [-0.2, -0.15) is 0 Å². The lowest BCUT2D eigenvalue weighted by Gasteiger charge is -2.12. The van der Waals surface area contributed by atoms with Crippen LogP contribution in [0.25, 0.3) is 17.2 Å². The van der Waals surface area contributed by atoms with E-state index in [4.69, 9.17) is 4.63 Å². The maximum atomic E-state index is 12.4. The highest BCUT2D eigenvalue weighted by Crippen LogP contribution is 2.30. The smallest absolute Gasteiger partial charge is 0.230 e. The zero-order valence-electron chi connectivity index (χ0n) is 16.4. The molecule has 0 saturated heterocycles. The van der Waals surface area contributed by atoms with E-state index in [1.54, 1.807) is 4.57 Å². The molecular weight excluding hydrogens is 406 g/mol. The van der Waals surface area contributed by atoms with Crippen molar-refractivity contribution in [1.82, 2.24) is 30.4 Å². The van der Waals surface area contributed by atoms with Crippen molar-refractivity contribution in [3.8, 4) is 17.2 Å². The molecule has 1 aliphatic rings. The first kappa shape index (κ1) is 20.1. The Bertz CT molecular complexity index is 1030. The monoisotopic (exact) mass is 427 g/mol. The fraction of sp³-hybridized carbons (Fsp3) is 0.368. The van der Waals surface area contributed by atoms with E-state index in [-0.39, 0.29) is 35.1 Å². The van der Waals surface area contributed by atoms with Gasteiger partial charge in [0.25, 0.3) is 0 Å². The van der Waals surface area contributed by atoms with Crippen LogP contribution in [0.2, 0.25) is 0 Å². The Kier molecular flexibility index (Phi) is 6.07. The second-order valence-electron chi connectivity index (χ2n) is 6.96. The van der Waals surface area contributed by atoms with Crippen LogP contribution in [0.4, 0.5) is 5.82 Å². The summed E-state index contributed by atoms with van der Waals surface area (Å²) in [6.45, 7) is 1.37. The van der Waals surface area contributed by atoms with Crippen LogP contribution >= 0.6 is 11.8 Å². The number of anilines is 1. The first-order chi connectivity index (χ1) is 14.6. The minimum Gasteiger partial charge on any atom is -0.353 e. The van der Waals surface area contributed by atoms with Crippen LogP contribution < -0.4 is 10.6 Å². The van der Waals surface area contributed by atoms with Gasteiger partial charge in [0.15, 0.2) is 16.7 Å². The Hall–Kier alpha value is -3.21. The number of rotatable bonds is 7. The summed E-state index contributed by atoms with van der Waals surface area (Å²) in [5.41, 5.74) is 1.04. The molecule has 2 amide bonds. The fourth-order valence-corrected chi connectivity index (χ4v) is 4.14. The molecule has 0 unspecified atom stereocenters. The zero-order valence-corrected chi connectivity index (χ0v) is 17.2. The largest absolute Gasteiger partial charge is 0.353 e. The summed E-state index contributed by atoms with van der Waals surface area (Å²) in [4.78, 5) is 23.8. The van der Waals surface area contributed by atoms with Gasteiger partial charge in [-0.05, 0) is 35.3 Å². The van der Waals surface area contributed by atoms with E-state index in [0.29, 0.717) is 11.0 Å². The third-order valence-electron chi connectivity index (χ3n) is 4.70. The summed E-state index contributed by atoms with van der Waals surface area (Å²) in [6, 6.07) is 9.71. The van der Waals surface area contributed by atoms with Crippen molar-refractivity contribution < 1.29 is 14.2 Å². The van der Waals surface area contributed by atoms with Crippen LogP contribution in [-0.4, -0.2) is 48.7 Å². The minimum atomic E-state index is -0.309. The Labute approximate surface area is 176 Å². The van der Waals surface area contributed by atoms with Crippen molar-refractivity contribution in [2.75, 3.05) is 11.1 Å². The molecule has 11 heteroatoms. The molecule has 0 bridgehead atoms. The van der Waals surface area contributed by atoms with Gasteiger partial charge in [0.05, 0.1) is 5.75 Å². The van der Waals surface area contributed by atoms with Crippen molar-refractivity contribution in [3.63, 3.8) is 0 Å². The van der Waals surface area contributed by atoms with Gasteiger partial charge in [-0.25, -0.2) is 4.63 Å². The first-order valence-electron chi connectivity index (χ1n) is 9.65. The van der Waals surface area contributed by atoms with Gasteiger partial charge < -0.3 is 10.6 Å². The molecule has 4 rings (SSSR count).